The standard InChI is InChI=1S/C22H21F5N2O3/c23-21(24)32-18-4-2-1-3-16(18)13-28-19(30)14-9-11-29(12-10-14)20(31)15-5-7-17(8-6-15)22(25,26)27/h1-8,14,21H,9-13H2,(H,28,30). The van der Waals surface area contributed by atoms with E-state index in [-0.39, 0.29) is 42.8 Å². The number of amides is 2. The molecule has 1 aliphatic heterocycles. The molecule has 0 aromatic heterocycles. The summed E-state index contributed by atoms with van der Waals surface area (Å²) in [6, 6.07) is 10.2. The molecule has 0 bridgehead atoms. The lowest BCUT2D eigenvalue weighted by Gasteiger charge is -2.31. The van der Waals surface area contributed by atoms with E-state index in [0.717, 1.165) is 24.3 Å². The predicted octanol–water partition coefficient (Wildman–Crippen LogP) is 4.48. The van der Waals surface area contributed by atoms with E-state index in [4.69, 9.17) is 0 Å². The molecule has 172 valence electrons. The van der Waals surface area contributed by atoms with Crippen LogP contribution in [0.15, 0.2) is 48.5 Å². The van der Waals surface area contributed by atoms with Crippen LogP contribution in [0.1, 0.15) is 34.3 Å². The molecule has 32 heavy (non-hydrogen) atoms. The molecule has 1 aliphatic rings. The summed E-state index contributed by atoms with van der Waals surface area (Å²) in [6.45, 7) is -2.39. The number of carbonyl (C=O) groups is 2. The fourth-order valence-electron chi connectivity index (χ4n) is 3.52. The van der Waals surface area contributed by atoms with Crippen molar-refractivity contribution in [2.45, 2.75) is 32.2 Å². The van der Waals surface area contributed by atoms with Crippen molar-refractivity contribution in [2.75, 3.05) is 13.1 Å². The molecule has 0 spiro atoms. The average Bonchev–Trinajstić information content (AvgIpc) is 2.77. The zero-order chi connectivity index (χ0) is 23.3. The molecule has 3 rings (SSSR count). The van der Waals surface area contributed by atoms with Crippen LogP contribution in [0.5, 0.6) is 5.75 Å². The summed E-state index contributed by atoms with van der Waals surface area (Å²) in [7, 11) is 0. The zero-order valence-corrected chi connectivity index (χ0v) is 16.9. The molecular formula is C22H21F5N2O3. The van der Waals surface area contributed by atoms with E-state index in [9.17, 15) is 31.5 Å². The molecule has 0 saturated carbocycles. The van der Waals surface area contributed by atoms with Crippen molar-refractivity contribution in [2.24, 2.45) is 5.92 Å². The van der Waals surface area contributed by atoms with Crippen molar-refractivity contribution < 1.29 is 36.3 Å². The van der Waals surface area contributed by atoms with E-state index in [0.29, 0.717) is 18.4 Å². The van der Waals surface area contributed by atoms with Crippen LogP contribution < -0.4 is 10.1 Å². The second-order valence-electron chi connectivity index (χ2n) is 7.35. The van der Waals surface area contributed by atoms with Gasteiger partial charge in [0.2, 0.25) is 5.91 Å². The summed E-state index contributed by atoms with van der Waals surface area (Å²) < 4.78 is 67.4. The molecule has 10 heteroatoms. The van der Waals surface area contributed by atoms with Gasteiger partial charge in [-0.1, -0.05) is 18.2 Å². The molecule has 0 unspecified atom stereocenters. The van der Waals surface area contributed by atoms with Gasteiger partial charge >= 0.3 is 12.8 Å². The normalized spacial score (nSPS) is 15.0. The Labute approximate surface area is 181 Å². The first-order valence-electron chi connectivity index (χ1n) is 9.92. The summed E-state index contributed by atoms with van der Waals surface area (Å²) in [5.41, 5.74) is -0.266. The topological polar surface area (TPSA) is 58.6 Å². The number of hydrogen-bond acceptors (Lipinski definition) is 3. The van der Waals surface area contributed by atoms with E-state index >= 15 is 0 Å². The van der Waals surface area contributed by atoms with Crippen LogP contribution in [0.2, 0.25) is 0 Å². The first-order chi connectivity index (χ1) is 15.1. The lowest BCUT2D eigenvalue weighted by Crippen LogP contribution is -2.43. The quantitative estimate of drug-likeness (QED) is 0.653. The number of rotatable bonds is 6. The number of carbonyl (C=O) groups excluding carboxylic acids is 2. The number of benzene rings is 2. The van der Waals surface area contributed by atoms with Crippen molar-refractivity contribution in [3.05, 3.63) is 65.2 Å². The van der Waals surface area contributed by atoms with Crippen LogP contribution in [-0.4, -0.2) is 36.4 Å². The SMILES string of the molecule is O=C(NCc1ccccc1OC(F)F)C1CCN(C(=O)c2ccc(C(F)(F)F)cc2)CC1. The van der Waals surface area contributed by atoms with Crippen molar-refractivity contribution >= 4 is 11.8 Å². The molecule has 1 heterocycles. The Bertz CT molecular complexity index is 939. The van der Waals surface area contributed by atoms with Crippen molar-refractivity contribution in [3.63, 3.8) is 0 Å². The molecule has 0 aliphatic carbocycles. The Morgan fingerprint density at radius 3 is 2.25 bits per heavy atom. The van der Waals surface area contributed by atoms with Gasteiger partial charge < -0.3 is 15.0 Å². The second-order valence-corrected chi connectivity index (χ2v) is 7.35. The summed E-state index contributed by atoms with van der Waals surface area (Å²) in [6.07, 6.45) is -3.71. The van der Waals surface area contributed by atoms with Crippen LogP contribution in [0.4, 0.5) is 22.0 Å². The lowest BCUT2D eigenvalue weighted by atomic mass is 9.95. The van der Waals surface area contributed by atoms with Gasteiger partial charge in [0.1, 0.15) is 5.75 Å². The summed E-state index contributed by atoms with van der Waals surface area (Å²) >= 11 is 0. The number of hydrogen-bond donors (Lipinski definition) is 1. The highest BCUT2D eigenvalue weighted by molar-refractivity contribution is 5.94. The highest BCUT2D eigenvalue weighted by Crippen LogP contribution is 2.29. The van der Waals surface area contributed by atoms with Gasteiger partial charge in [-0.15, -0.1) is 0 Å². The lowest BCUT2D eigenvalue weighted by molar-refractivity contribution is -0.137. The number of para-hydroxylation sites is 1. The van der Waals surface area contributed by atoms with Crippen LogP contribution in [0.25, 0.3) is 0 Å². The Hall–Kier alpha value is -3.17. The van der Waals surface area contributed by atoms with E-state index in [1.807, 2.05) is 0 Å². The molecule has 1 N–H and O–H groups in total. The van der Waals surface area contributed by atoms with Crippen LogP contribution in [0.3, 0.4) is 0 Å². The molecule has 2 aromatic carbocycles. The second kappa shape index (κ2) is 9.97. The molecule has 2 amide bonds. The highest BCUT2D eigenvalue weighted by Gasteiger charge is 2.31. The van der Waals surface area contributed by atoms with Gasteiger partial charge in [0.15, 0.2) is 0 Å². The number of nitrogens with one attached hydrogen (secondary N) is 1. The van der Waals surface area contributed by atoms with Gasteiger partial charge in [-0.2, -0.15) is 22.0 Å². The monoisotopic (exact) mass is 456 g/mol. The molecule has 0 atom stereocenters. The third-order valence-electron chi connectivity index (χ3n) is 5.25. The van der Waals surface area contributed by atoms with Gasteiger partial charge in [-0.05, 0) is 43.2 Å². The summed E-state index contributed by atoms with van der Waals surface area (Å²) in [5, 5.41) is 2.70. The molecule has 2 aromatic rings. The van der Waals surface area contributed by atoms with Gasteiger partial charge in [-0.3, -0.25) is 9.59 Å². The van der Waals surface area contributed by atoms with Crippen LogP contribution >= 0.6 is 0 Å². The number of ether oxygens (including phenoxy) is 1. The fraction of sp³-hybridized carbons (Fsp3) is 0.364. The Kier molecular flexibility index (Phi) is 7.32. The van der Waals surface area contributed by atoms with Gasteiger partial charge in [0.25, 0.3) is 5.91 Å². The third-order valence-corrected chi connectivity index (χ3v) is 5.25. The number of likely N-dealkylation sites (tertiary alicyclic amines) is 1. The van der Waals surface area contributed by atoms with E-state index < -0.39 is 24.3 Å². The fourth-order valence-corrected chi connectivity index (χ4v) is 3.52. The van der Waals surface area contributed by atoms with E-state index in [2.05, 4.69) is 10.1 Å². The smallest absolute Gasteiger partial charge is 0.416 e. The maximum Gasteiger partial charge on any atom is 0.416 e. The first kappa shape index (κ1) is 23.5. The molecule has 1 saturated heterocycles. The zero-order valence-electron chi connectivity index (χ0n) is 16.9. The Morgan fingerprint density at radius 2 is 1.66 bits per heavy atom. The van der Waals surface area contributed by atoms with Crippen molar-refractivity contribution in [3.8, 4) is 5.75 Å². The van der Waals surface area contributed by atoms with E-state index in [1.54, 1.807) is 18.2 Å². The van der Waals surface area contributed by atoms with Gasteiger partial charge in [-0.25, -0.2) is 0 Å². The number of piperidine rings is 1. The number of halogens is 5. The minimum absolute atomic E-state index is 0.0141. The molecule has 1 fully saturated rings. The molecular weight excluding hydrogens is 435 g/mol. The molecule has 5 nitrogen and oxygen atoms in total. The average molecular weight is 456 g/mol. The number of alkyl halides is 5. The minimum atomic E-state index is -4.47. The maximum atomic E-state index is 12.7. The Morgan fingerprint density at radius 1 is 1.03 bits per heavy atom. The van der Waals surface area contributed by atoms with E-state index in [1.165, 1.54) is 11.0 Å². The van der Waals surface area contributed by atoms with Crippen molar-refractivity contribution in [1.82, 2.24) is 10.2 Å². The number of nitrogens with zero attached hydrogens (tertiary/aromatic N) is 1. The predicted molar refractivity (Wildman–Crippen MR) is 105 cm³/mol. The maximum absolute atomic E-state index is 12.7. The summed E-state index contributed by atoms with van der Waals surface area (Å²) in [4.78, 5) is 26.5. The van der Waals surface area contributed by atoms with Crippen molar-refractivity contribution in [1.29, 1.82) is 0 Å². The van der Waals surface area contributed by atoms with Crippen LogP contribution in [-0.2, 0) is 17.5 Å². The minimum Gasteiger partial charge on any atom is -0.434 e. The molecule has 0 radical (unpaired) electrons. The highest BCUT2D eigenvalue weighted by atomic mass is 19.4. The summed E-state index contributed by atoms with van der Waals surface area (Å²) in [5.74, 6) is -1.04. The van der Waals surface area contributed by atoms with Gasteiger partial charge in [0, 0.05) is 36.7 Å². The van der Waals surface area contributed by atoms with Gasteiger partial charge in [0.05, 0.1) is 5.56 Å². The van der Waals surface area contributed by atoms with Crippen LogP contribution in [0, 0.1) is 5.92 Å². The third kappa shape index (κ3) is 5.95. The largest absolute Gasteiger partial charge is 0.434 e. The first-order valence-corrected chi connectivity index (χ1v) is 9.92. The Balaban J connectivity index is 1.51.